The summed E-state index contributed by atoms with van der Waals surface area (Å²) in [6.07, 6.45) is 0. The molecule has 4 rings (SSSR count). The fraction of sp³-hybridized carbons (Fsp3) is 0.545. The van der Waals surface area contributed by atoms with Crippen molar-refractivity contribution < 1.29 is 9.32 Å². The lowest BCUT2D eigenvalue weighted by molar-refractivity contribution is -0.134. The van der Waals surface area contributed by atoms with Gasteiger partial charge in [0.1, 0.15) is 0 Å². The van der Waals surface area contributed by atoms with Gasteiger partial charge in [0.25, 0.3) is 0 Å². The first-order valence-electron chi connectivity index (χ1n) is 10.6. The van der Waals surface area contributed by atoms with Crippen molar-refractivity contribution in [3.63, 3.8) is 0 Å². The average Bonchev–Trinajstić information content (AvgIpc) is 3.15. The summed E-state index contributed by atoms with van der Waals surface area (Å²) >= 11 is 0. The van der Waals surface area contributed by atoms with Gasteiger partial charge in [-0.3, -0.25) is 19.5 Å². The van der Waals surface area contributed by atoms with E-state index in [1.54, 1.807) is 0 Å². The first kappa shape index (κ1) is 20.1. The van der Waals surface area contributed by atoms with Crippen molar-refractivity contribution in [2.45, 2.75) is 20.0 Å². The van der Waals surface area contributed by atoms with Gasteiger partial charge in [-0.05, 0) is 12.5 Å². The Morgan fingerprint density at radius 3 is 2.17 bits per heavy atom. The average molecular weight is 398 g/mol. The zero-order valence-corrected chi connectivity index (χ0v) is 17.3. The summed E-state index contributed by atoms with van der Waals surface area (Å²) in [6, 6.07) is 12.6. The van der Waals surface area contributed by atoms with Crippen LogP contribution in [-0.4, -0.2) is 89.6 Å². The molecule has 2 fully saturated rings. The van der Waals surface area contributed by atoms with Crippen LogP contribution >= 0.6 is 0 Å². The molecule has 0 N–H and O–H groups in total. The van der Waals surface area contributed by atoms with Crippen molar-refractivity contribution in [2.75, 3.05) is 58.9 Å². The van der Waals surface area contributed by atoms with Crippen LogP contribution in [-0.2, 0) is 17.9 Å². The molecule has 7 nitrogen and oxygen atoms in total. The second kappa shape index (κ2) is 9.52. The monoisotopic (exact) mass is 397 g/mol. The summed E-state index contributed by atoms with van der Waals surface area (Å²) < 4.78 is 5.31. The number of carbonyl (C=O) groups excluding carboxylic acids is 1. The minimum absolute atomic E-state index is 0.261. The molecule has 0 radical (unpaired) electrons. The maximum absolute atomic E-state index is 12.7. The predicted molar refractivity (Wildman–Crippen MR) is 111 cm³/mol. The molecule has 2 aromatic rings. The van der Waals surface area contributed by atoms with E-state index in [4.69, 9.17) is 4.52 Å². The molecule has 0 bridgehead atoms. The zero-order chi connectivity index (χ0) is 20.1. The minimum Gasteiger partial charge on any atom is -0.360 e. The maximum atomic E-state index is 12.7. The second-order valence-electron chi connectivity index (χ2n) is 8.13. The minimum atomic E-state index is 0.261. The topological polar surface area (TPSA) is 56.1 Å². The van der Waals surface area contributed by atoms with E-state index in [0.717, 1.165) is 76.9 Å². The van der Waals surface area contributed by atoms with Crippen molar-refractivity contribution in [3.8, 4) is 0 Å². The molecule has 0 saturated carbocycles. The van der Waals surface area contributed by atoms with Crippen LogP contribution in [0.25, 0.3) is 0 Å². The molecule has 0 spiro atoms. The number of aryl methyl sites for hydroxylation is 1. The molecule has 156 valence electrons. The Balaban J connectivity index is 1.16. The fourth-order valence-corrected chi connectivity index (χ4v) is 4.11. The van der Waals surface area contributed by atoms with Gasteiger partial charge in [0.15, 0.2) is 5.76 Å². The second-order valence-corrected chi connectivity index (χ2v) is 8.13. The highest BCUT2D eigenvalue weighted by Gasteiger charge is 2.25. The van der Waals surface area contributed by atoms with E-state index < -0.39 is 0 Å². The van der Waals surface area contributed by atoms with Crippen molar-refractivity contribution in [2.24, 2.45) is 0 Å². The lowest BCUT2D eigenvalue weighted by Gasteiger charge is -2.37. The van der Waals surface area contributed by atoms with Crippen LogP contribution in [0.3, 0.4) is 0 Å². The molecule has 2 aliphatic rings. The standard InChI is InChI=1S/C22H31N5O2/c1-19-15-21(29-23-19)17-25-11-13-27(14-12-25)22(28)18-26-9-7-24(8-10-26)16-20-5-3-2-4-6-20/h2-6,15H,7-14,16-18H2,1H3. The smallest absolute Gasteiger partial charge is 0.236 e. The van der Waals surface area contributed by atoms with Gasteiger partial charge in [-0.15, -0.1) is 0 Å². The Kier molecular flexibility index (Phi) is 6.59. The van der Waals surface area contributed by atoms with Crippen LogP contribution in [0.1, 0.15) is 17.0 Å². The molecular formula is C22H31N5O2. The van der Waals surface area contributed by atoms with Crippen LogP contribution in [0.2, 0.25) is 0 Å². The van der Waals surface area contributed by atoms with Crippen LogP contribution in [0.5, 0.6) is 0 Å². The summed E-state index contributed by atoms with van der Waals surface area (Å²) in [5, 5.41) is 3.94. The highest BCUT2D eigenvalue weighted by atomic mass is 16.5. The SMILES string of the molecule is Cc1cc(CN2CCN(C(=O)CN3CCN(Cc4ccccc4)CC3)CC2)on1. The van der Waals surface area contributed by atoms with Gasteiger partial charge in [0.05, 0.1) is 18.8 Å². The Morgan fingerprint density at radius 1 is 0.897 bits per heavy atom. The normalized spacial score (nSPS) is 19.6. The summed E-state index contributed by atoms with van der Waals surface area (Å²) in [5.41, 5.74) is 2.27. The van der Waals surface area contributed by atoms with Gasteiger partial charge in [0.2, 0.25) is 5.91 Å². The third-order valence-corrected chi connectivity index (χ3v) is 5.85. The molecule has 2 saturated heterocycles. The van der Waals surface area contributed by atoms with Gasteiger partial charge in [-0.2, -0.15) is 0 Å². The third-order valence-electron chi connectivity index (χ3n) is 5.85. The molecule has 3 heterocycles. The fourth-order valence-electron chi connectivity index (χ4n) is 4.11. The molecule has 29 heavy (non-hydrogen) atoms. The van der Waals surface area contributed by atoms with Gasteiger partial charge in [0, 0.05) is 65.0 Å². The van der Waals surface area contributed by atoms with E-state index in [1.807, 2.05) is 17.9 Å². The molecule has 0 unspecified atom stereocenters. The molecule has 1 amide bonds. The third kappa shape index (κ3) is 5.65. The summed E-state index contributed by atoms with van der Waals surface area (Å²) in [6.45, 7) is 11.6. The van der Waals surface area contributed by atoms with Crippen LogP contribution < -0.4 is 0 Å². The molecule has 1 aromatic heterocycles. The van der Waals surface area contributed by atoms with Crippen LogP contribution in [0.15, 0.2) is 40.9 Å². The van der Waals surface area contributed by atoms with Crippen molar-refractivity contribution in [3.05, 3.63) is 53.4 Å². The lowest BCUT2D eigenvalue weighted by Crippen LogP contribution is -2.53. The summed E-state index contributed by atoms with van der Waals surface area (Å²) in [4.78, 5) is 21.8. The van der Waals surface area contributed by atoms with E-state index in [9.17, 15) is 4.79 Å². The van der Waals surface area contributed by atoms with E-state index in [1.165, 1.54) is 5.56 Å². The maximum Gasteiger partial charge on any atom is 0.236 e. The van der Waals surface area contributed by atoms with Gasteiger partial charge in [-0.1, -0.05) is 35.5 Å². The van der Waals surface area contributed by atoms with Gasteiger partial charge < -0.3 is 9.42 Å². The Bertz CT molecular complexity index is 778. The Morgan fingerprint density at radius 2 is 1.52 bits per heavy atom. The zero-order valence-electron chi connectivity index (χ0n) is 17.3. The molecule has 7 heteroatoms. The number of carbonyl (C=O) groups is 1. The molecule has 1 aromatic carbocycles. The van der Waals surface area contributed by atoms with E-state index >= 15 is 0 Å². The first-order valence-corrected chi connectivity index (χ1v) is 10.6. The van der Waals surface area contributed by atoms with Crippen LogP contribution in [0, 0.1) is 6.92 Å². The number of rotatable bonds is 6. The van der Waals surface area contributed by atoms with Crippen LogP contribution in [0.4, 0.5) is 0 Å². The number of amides is 1. The highest BCUT2D eigenvalue weighted by Crippen LogP contribution is 2.12. The summed E-state index contributed by atoms with van der Waals surface area (Å²) in [7, 11) is 0. The first-order chi connectivity index (χ1) is 14.2. The van der Waals surface area contributed by atoms with Crippen molar-refractivity contribution in [1.82, 2.24) is 24.8 Å². The number of piperazine rings is 2. The Labute approximate surface area is 172 Å². The number of aromatic nitrogens is 1. The predicted octanol–water partition coefficient (Wildman–Crippen LogP) is 1.45. The Hall–Kier alpha value is -2.22. The summed E-state index contributed by atoms with van der Waals surface area (Å²) in [5.74, 6) is 1.16. The van der Waals surface area contributed by atoms with Crippen molar-refractivity contribution >= 4 is 5.91 Å². The number of nitrogens with zero attached hydrogens (tertiary/aromatic N) is 5. The molecule has 0 atom stereocenters. The number of benzene rings is 1. The molecule has 2 aliphatic heterocycles. The number of hydrogen-bond acceptors (Lipinski definition) is 6. The molecule has 0 aliphatic carbocycles. The number of hydrogen-bond donors (Lipinski definition) is 0. The van der Waals surface area contributed by atoms with Gasteiger partial charge >= 0.3 is 0 Å². The highest BCUT2D eigenvalue weighted by molar-refractivity contribution is 5.78. The largest absolute Gasteiger partial charge is 0.360 e. The van der Waals surface area contributed by atoms with E-state index in [0.29, 0.717) is 6.54 Å². The molecular weight excluding hydrogens is 366 g/mol. The lowest BCUT2D eigenvalue weighted by atomic mass is 10.2. The van der Waals surface area contributed by atoms with Gasteiger partial charge in [-0.25, -0.2) is 0 Å². The van der Waals surface area contributed by atoms with E-state index in [2.05, 4.69) is 50.2 Å². The van der Waals surface area contributed by atoms with Crippen molar-refractivity contribution in [1.29, 1.82) is 0 Å². The van der Waals surface area contributed by atoms with E-state index in [-0.39, 0.29) is 5.91 Å². The quantitative estimate of drug-likeness (QED) is 0.735.